The van der Waals surface area contributed by atoms with Crippen molar-refractivity contribution >= 4 is 23.3 Å². The molecule has 0 spiro atoms. The molecule has 0 saturated carbocycles. The van der Waals surface area contributed by atoms with E-state index in [2.05, 4.69) is 26.1 Å². The number of halogens is 2. The lowest BCUT2D eigenvalue weighted by Crippen LogP contribution is -2.14. The second kappa shape index (κ2) is 5.42. The fourth-order valence-corrected chi connectivity index (χ4v) is 1.36. The van der Waals surface area contributed by atoms with Crippen molar-refractivity contribution in [3.8, 4) is 0 Å². The lowest BCUT2D eigenvalue weighted by atomic mass is 10.3. The van der Waals surface area contributed by atoms with Gasteiger partial charge in [-0.25, -0.2) is 20.5 Å². The predicted molar refractivity (Wildman–Crippen MR) is 67.3 cm³/mol. The molecule has 1 aromatic heterocycles. The molecule has 0 aliphatic heterocycles. The first kappa shape index (κ1) is 12.9. The van der Waals surface area contributed by atoms with E-state index in [1.807, 2.05) is 0 Å². The second-order valence-corrected chi connectivity index (χ2v) is 3.50. The number of rotatable bonds is 4. The van der Waals surface area contributed by atoms with Crippen LogP contribution in [-0.4, -0.2) is 9.97 Å². The molecular formula is C10H11F2N7. The third-order valence-electron chi connectivity index (χ3n) is 2.20. The highest BCUT2D eigenvalue weighted by atomic mass is 19.1. The number of hydrazine groups is 2. The summed E-state index contributed by atoms with van der Waals surface area (Å²) in [4.78, 5) is 7.89. The second-order valence-electron chi connectivity index (χ2n) is 3.50. The van der Waals surface area contributed by atoms with Crippen LogP contribution in [0.5, 0.6) is 0 Å². The molecule has 9 heteroatoms. The first-order valence-corrected chi connectivity index (χ1v) is 5.17. The summed E-state index contributed by atoms with van der Waals surface area (Å²) in [6, 6.07) is 4.53. The SMILES string of the molecule is NNc1cc(NN)nc(Nc2ccc(F)cc2F)n1. The Kier molecular flexibility index (Phi) is 3.68. The molecule has 0 unspecified atom stereocenters. The third-order valence-corrected chi connectivity index (χ3v) is 2.20. The summed E-state index contributed by atoms with van der Waals surface area (Å²) in [6.45, 7) is 0. The van der Waals surface area contributed by atoms with Crippen molar-refractivity contribution in [3.63, 3.8) is 0 Å². The van der Waals surface area contributed by atoms with Crippen LogP contribution in [0.2, 0.25) is 0 Å². The van der Waals surface area contributed by atoms with Gasteiger partial charge in [0, 0.05) is 12.1 Å². The smallest absolute Gasteiger partial charge is 0.231 e. The summed E-state index contributed by atoms with van der Waals surface area (Å²) in [5.74, 6) is 9.60. The molecule has 100 valence electrons. The molecule has 0 fully saturated rings. The number of aromatic nitrogens is 2. The Bertz CT molecular complexity index is 568. The maximum absolute atomic E-state index is 13.5. The highest BCUT2D eigenvalue weighted by molar-refractivity contribution is 5.58. The summed E-state index contributed by atoms with van der Waals surface area (Å²) < 4.78 is 26.2. The van der Waals surface area contributed by atoms with Gasteiger partial charge in [0.05, 0.1) is 5.69 Å². The summed E-state index contributed by atoms with van der Waals surface area (Å²) in [7, 11) is 0. The topological polar surface area (TPSA) is 114 Å². The summed E-state index contributed by atoms with van der Waals surface area (Å²) in [6.07, 6.45) is 0. The van der Waals surface area contributed by atoms with Gasteiger partial charge >= 0.3 is 0 Å². The number of nitrogen functional groups attached to an aromatic ring is 2. The zero-order valence-corrected chi connectivity index (χ0v) is 9.61. The Labute approximate surface area is 107 Å². The minimum atomic E-state index is -0.767. The normalized spacial score (nSPS) is 10.1. The molecule has 0 aliphatic rings. The molecule has 2 aromatic rings. The lowest BCUT2D eigenvalue weighted by Gasteiger charge is -2.09. The highest BCUT2D eigenvalue weighted by Crippen LogP contribution is 2.20. The van der Waals surface area contributed by atoms with Crippen molar-refractivity contribution < 1.29 is 8.78 Å². The minimum absolute atomic E-state index is 0.0264. The zero-order chi connectivity index (χ0) is 13.8. The van der Waals surface area contributed by atoms with Crippen molar-refractivity contribution in [3.05, 3.63) is 35.9 Å². The van der Waals surface area contributed by atoms with E-state index in [0.717, 1.165) is 12.1 Å². The van der Waals surface area contributed by atoms with Gasteiger partial charge in [-0.05, 0) is 12.1 Å². The van der Waals surface area contributed by atoms with Crippen LogP contribution in [0.3, 0.4) is 0 Å². The molecule has 0 amide bonds. The molecule has 0 atom stereocenters. The summed E-state index contributed by atoms with van der Waals surface area (Å²) in [5.41, 5.74) is 4.65. The van der Waals surface area contributed by atoms with Gasteiger partial charge in [0.15, 0.2) is 0 Å². The minimum Gasteiger partial charge on any atom is -0.322 e. The highest BCUT2D eigenvalue weighted by Gasteiger charge is 2.08. The number of nitrogens with two attached hydrogens (primary N) is 2. The molecule has 19 heavy (non-hydrogen) atoms. The van der Waals surface area contributed by atoms with Crippen molar-refractivity contribution in [2.45, 2.75) is 0 Å². The van der Waals surface area contributed by atoms with E-state index in [4.69, 9.17) is 11.7 Å². The van der Waals surface area contributed by atoms with Gasteiger partial charge in [-0.15, -0.1) is 0 Å². The Morgan fingerprint density at radius 3 is 2.11 bits per heavy atom. The standard InChI is InChI=1S/C10H11F2N7/c11-5-1-2-7(6(12)3-5)15-10-16-8(18-13)4-9(17-10)19-14/h1-4H,13-14H2,(H3,15,16,17,18,19). The van der Waals surface area contributed by atoms with E-state index in [0.29, 0.717) is 0 Å². The number of hydrogen-bond donors (Lipinski definition) is 5. The van der Waals surface area contributed by atoms with Gasteiger partial charge in [0.1, 0.15) is 23.3 Å². The quantitative estimate of drug-likeness (QED) is 0.416. The molecule has 1 aromatic carbocycles. The van der Waals surface area contributed by atoms with Gasteiger partial charge in [0.2, 0.25) is 5.95 Å². The first-order valence-electron chi connectivity index (χ1n) is 5.17. The van der Waals surface area contributed by atoms with Crippen molar-refractivity contribution in [1.82, 2.24) is 9.97 Å². The Morgan fingerprint density at radius 2 is 1.58 bits per heavy atom. The molecule has 0 aliphatic carbocycles. The molecule has 7 nitrogen and oxygen atoms in total. The van der Waals surface area contributed by atoms with Gasteiger partial charge in [0.25, 0.3) is 0 Å². The molecule has 2 rings (SSSR count). The van der Waals surface area contributed by atoms with Crippen LogP contribution in [0.4, 0.5) is 32.1 Å². The molecule has 1 heterocycles. The maximum atomic E-state index is 13.5. The van der Waals surface area contributed by atoms with Crippen molar-refractivity contribution in [2.75, 3.05) is 16.2 Å². The Hall–Kier alpha value is -2.52. The first-order chi connectivity index (χ1) is 9.12. The van der Waals surface area contributed by atoms with E-state index in [-0.39, 0.29) is 23.3 Å². The fraction of sp³-hybridized carbons (Fsp3) is 0. The van der Waals surface area contributed by atoms with Crippen LogP contribution in [0.1, 0.15) is 0 Å². The number of benzene rings is 1. The van der Waals surface area contributed by atoms with Gasteiger partial charge in [-0.1, -0.05) is 0 Å². The number of hydrogen-bond acceptors (Lipinski definition) is 7. The van der Waals surface area contributed by atoms with E-state index in [1.54, 1.807) is 0 Å². The largest absolute Gasteiger partial charge is 0.322 e. The van der Waals surface area contributed by atoms with Gasteiger partial charge in [-0.3, -0.25) is 0 Å². The Morgan fingerprint density at radius 1 is 0.947 bits per heavy atom. The van der Waals surface area contributed by atoms with Crippen molar-refractivity contribution in [1.29, 1.82) is 0 Å². The van der Waals surface area contributed by atoms with Gasteiger partial charge in [-0.2, -0.15) is 9.97 Å². The van der Waals surface area contributed by atoms with Gasteiger partial charge < -0.3 is 16.2 Å². The number of nitrogens with one attached hydrogen (secondary N) is 3. The maximum Gasteiger partial charge on any atom is 0.231 e. The molecule has 7 N–H and O–H groups in total. The van der Waals surface area contributed by atoms with Crippen molar-refractivity contribution in [2.24, 2.45) is 11.7 Å². The average molecular weight is 267 g/mol. The number of nitrogens with zero attached hydrogens (tertiary/aromatic N) is 2. The van der Waals surface area contributed by atoms with E-state index < -0.39 is 11.6 Å². The van der Waals surface area contributed by atoms with Crippen LogP contribution in [0.15, 0.2) is 24.3 Å². The molecule has 0 radical (unpaired) electrons. The average Bonchev–Trinajstić information content (AvgIpc) is 2.41. The van der Waals surface area contributed by atoms with Crippen LogP contribution < -0.4 is 27.9 Å². The monoisotopic (exact) mass is 267 g/mol. The van der Waals surface area contributed by atoms with E-state index in [1.165, 1.54) is 12.1 Å². The van der Waals surface area contributed by atoms with Crippen LogP contribution >= 0.6 is 0 Å². The molecule has 0 bridgehead atoms. The summed E-state index contributed by atoms with van der Waals surface area (Å²) in [5, 5.41) is 2.59. The summed E-state index contributed by atoms with van der Waals surface area (Å²) >= 11 is 0. The van der Waals surface area contributed by atoms with Crippen LogP contribution in [0, 0.1) is 11.6 Å². The zero-order valence-electron chi connectivity index (χ0n) is 9.61. The lowest BCUT2D eigenvalue weighted by molar-refractivity contribution is 0.586. The van der Waals surface area contributed by atoms with Crippen LogP contribution in [0.25, 0.3) is 0 Å². The Balaban J connectivity index is 2.31. The molecular weight excluding hydrogens is 256 g/mol. The number of anilines is 4. The fourth-order valence-electron chi connectivity index (χ4n) is 1.36. The van der Waals surface area contributed by atoms with E-state index >= 15 is 0 Å². The van der Waals surface area contributed by atoms with Crippen LogP contribution in [-0.2, 0) is 0 Å². The van der Waals surface area contributed by atoms with E-state index in [9.17, 15) is 8.78 Å². The predicted octanol–water partition coefficient (Wildman–Crippen LogP) is 1.07. The third kappa shape index (κ3) is 3.03. The molecule has 0 saturated heterocycles.